The van der Waals surface area contributed by atoms with Gasteiger partial charge in [0.05, 0.1) is 26.2 Å². The van der Waals surface area contributed by atoms with E-state index in [0.717, 1.165) is 18.8 Å². The average Bonchev–Trinajstić information content (AvgIpc) is 3.23. The molecule has 0 radical (unpaired) electrons. The predicted octanol–water partition coefficient (Wildman–Crippen LogP) is -0.676. The molecule has 0 saturated carbocycles. The smallest absolute Gasteiger partial charge is 0.309 e. The van der Waals surface area contributed by atoms with E-state index in [1.807, 2.05) is 14.1 Å². The Kier molecular flexibility index (Phi) is 8.69. The highest BCUT2D eigenvalue weighted by Gasteiger charge is 2.28. The van der Waals surface area contributed by atoms with Gasteiger partial charge in [-0.05, 0) is 12.1 Å². The van der Waals surface area contributed by atoms with Crippen LogP contribution in [0.3, 0.4) is 0 Å². The fraction of sp³-hybridized carbons (Fsp3) is 0.600. The lowest BCUT2D eigenvalue weighted by molar-refractivity contribution is -0.918. The van der Waals surface area contributed by atoms with Gasteiger partial charge in [0.1, 0.15) is 6.04 Å². The molecule has 8 heteroatoms. The number of quaternary nitrogens is 1. The minimum absolute atomic E-state index is 0.117. The number of likely N-dealkylation sites (tertiary alicyclic amines) is 1. The van der Waals surface area contributed by atoms with E-state index in [2.05, 4.69) is 39.8 Å². The lowest BCUT2D eigenvalue weighted by Gasteiger charge is -2.26. The number of benzene rings is 1. The molecule has 1 aliphatic heterocycles. The van der Waals surface area contributed by atoms with Crippen molar-refractivity contribution in [1.29, 1.82) is 0 Å². The maximum atomic E-state index is 12.2. The largest absolute Gasteiger partial charge is 0.378 e. The van der Waals surface area contributed by atoms with Crippen LogP contribution in [0.1, 0.15) is 24.4 Å². The highest BCUT2D eigenvalue weighted by molar-refractivity contribution is 6.35. The molecule has 0 unspecified atom stereocenters. The molecule has 1 aliphatic rings. The van der Waals surface area contributed by atoms with Crippen LogP contribution < -0.4 is 20.4 Å². The number of carbonyl (C=O) groups is 2. The van der Waals surface area contributed by atoms with E-state index in [-0.39, 0.29) is 12.6 Å². The van der Waals surface area contributed by atoms with Crippen molar-refractivity contribution in [2.24, 2.45) is 0 Å². The van der Waals surface area contributed by atoms with E-state index < -0.39 is 18.1 Å². The second kappa shape index (κ2) is 11.0. The van der Waals surface area contributed by atoms with Crippen LogP contribution in [-0.2, 0) is 19.1 Å². The first-order chi connectivity index (χ1) is 13.5. The highest BCUT2D eigenvalue weighted by Crippen LogP contribution is 2.17. The molecule has 1 heterocycles. The number of ether oxygens (including phenoxy) is 2. The van der Waals surface area contributed by atoms with Crippen LogP contribution in [0.4, 0.5) is 5.69 Å². The average molecular weight is 394 g/mol. The Bertz CT molecular complexity index is 626. The summed E-state index contributed by atoms with van der Waals surface area (Å²) in [4.78, 5) is 27.7. The van der Waals surface area contributed by atoms with Gasteiger partial charge in [0.2, 0.25) is 0 Å². The van der Waals surface area contributed by atoms with Crippen LogP contribution in [0, 0.1) is 0 Å². The van der Waals surface area contributed by atoms with Gasteiger partial charge in [0.25, 0.3) is 0 Å². The van der Waals surface area contributed by atoms with Crippen molar-refractivity contribution in [2.45, 2.75) is 25.2 Å². The van der Waals surface area contributed by atoms with Gasteiger partial charge >= 0.3 is 11.8 Å². The van der Waals surface area contributed by atoms with Crippen LogP contribution in [0.25, 0.3) is 0 Å². The summed E-state index contributed by atoms with van der Waals surface area (Å²) < 4.78 is 10.0. The second-order valence-corrected chi connectivity index (χ2v) is 7.22. The molecule has 28 heavy (non-hydrogen) atoms. The maximum absolute atomic E-state index is 12.2. The van der Waals surface area contributed by atoms with E-state index in [1.54, 1.807) is 0 Å². The van der Waals surface area contributed by atoms with Gasteiger partial charge < -0.3 is 29.9 Å². The molecule has 0 aromatic heterocycles. The third kappa shape index (κ3) is 6.19. The quantitative estimate of drug-likeness (QED) is 0.383. The molecule has 1 aromatic rings. The van der Waals surface area contributed by atoms with Crippen molar-refractivity contribution in [2.75, 3.05) is 59.4 Å². The van der Waals surface area contributed by atoms with Crippen molar-refractivity contribution < 1.29 is 24.0 Å². The molecule has 0 spiro atoms. The Morgan fingerprint density at radius 2 is 1.54 bits per heavy atom. The summed E-state index contributed by atoms with van der Waals surface area (Å²) in [5.74, 6) is -1.32. The molecule has 1 atom stereocenters. The second-order valence-electron chi connectivity index (χ2n) is 7.22. The Balaban J connectivity index is 1.97. The fourth-order valence-corrected chi connectivity index (χ4v) is 3.47. The fourth-order valence-electron chi connectivity index (χ4n) is 3.47. The summed E-state index contributed by atoms with van der Waals surface area (Å²) in [6, 6.07) is 8.52. The van der Waals surface area contributed by atoms with Crippen molar-refractivity contribution in [3.63, 3.8) is 0 Å². The number of amides is 2. The first kappa shape index (κ1) is 22.1. The number of hydrogen-bond donors (Lipinski definition) is 3. The van der Waals surface area contributed by atoms with E-state index in [9.17, 15) is 9.59 Å². The number of carbonyl (C=O) groups excluding carboxylic acids is 2. The molecule has 8 nitrogen and oxygen atoms in total. The summed E-state index contributed by atoms with van der Waals surface area (Å²) in [7, 11) is 6.97. The Labute approximate surface area is 167 Å². The molecule has 2 rings (SSSR count). The van der Waals surface area contributed by atoms with Crippen molar-refractivity contribution in [3.05, 3.63) is 29.8 Å². The van der Waals surface area contributed by atoms with Gasteiger partial charge in [0, 0.05) is 52.4 Å². The zero-order valence-electron chi connectivity index (χ0n) is 17.3. The number of nitrogens with one attached hydrogen (secondary N) is 3. The number of nitrogens with zero attached hydrogens (tertiary/aromatic N) is 1. The monoisotopic (exact) mass is 393 g/mol. The van der Waals surface area contributed by atoms with Gasteiger partial charge in [-0.25, -0.2) is 0 Å². The van der Waals surface area contributed by atoms with Crippen LogP contribution in [0.5, 0.6) is 0 Å². The molecule has 1 aromatic carbocycles. The van der Waals surface area contributed by atoms with Gasteiger partial charge in [-0.1, -0.05) is 12.1 Å². The van der Waals surface area contributed by atoms with Crippen LogP contribution in [0.15, 0.2) is 24.3 Å². The molecule has 2 amide bonds. The highest BCUT2D eigenvalue weighted by atomic mass is 16.7. The number of hydrogen-bond acceptors (Lipinski definition) is 5. The zero-order chi connectivity index (χ0) is 20.5. The summed E-state index contributed by atoms with van der Waals surface area (Å²) in [5, 5.41) is 5.32. The molecule has 156 valence electrons. The van der Waals surface area contributed by atoms with Crippen molar-refractivity contribution in [3.8, 4) is 0 Å². The predicted molar refractivity (Wildman–Crippen MR) is 107 cm³/mol. The summed E-state index contributed by atoms with van der Waals surface area (Å²) >= 11 is 0. The van der Waals surface area contributed by atoms with Gasteiger partial charge in [-0.2, -0.15) is 0 Å². The normalized spacial score (nSPS) is 15.5. The van der Waals surface area contributed by atoms with Crippen molar-refractivity contribution in [1.82, 2.24) is 10.6 Å². The van der Waals surface area contributed by atoms with Crippen molar-refractivity contribution >= 4 is 17.5 Å². The first-order valence-electron chi connectivity index (χ1n) is 9.69. The Morgan fingerprint density at radius 3 is 2.04 bits per heavy atom. The molecule has 1 saturated heterocycles. The maximum Gasteiger partial charge on any atom is 0.309 e. The van der Waals surface area contributed by atoms with E-state index in [1.165, 1.54) is 37.5 Å². The lowest BCUT2D eigenvalue weighted by Crippen LogP contribution is -3.11. The van der Waals surface area contributed by atoms with Crippen LogP contribution in [-0.4, -0.2) is 72.6 Å². The molecule has 0 aliphatic carbocycles. The molecular formula is C20H33N4O4+. The third-order valence-electron chi connectivity index (χ3n) is 5.18. The summed E-state index contributed by atoms with van der Waals surface area (Å²) in [5.41, 5.74) is 2.30. The van der Waals surface area contributed by atoms with E-state index >= 15 is 0 Å². The minimum Gasteiger partial charge on any atom is -0.378 e. The molecule has 0 bridgehead atoms. The number of anilines is 1. The topological polar surface area (TPSA) is 84.3 Å². The van der Waals surface area contributed by atoms with Gasteiger partial charge in [0.15, 0.2) is 6.29 Å². The SMILES string of the molecule is COC(CNC(=O)C(=O)NC[C@H](c1ccc(N(C)C)cc1)[NH+]1CCCC1)OC. The van der Waals surface area contributed by atoms with Crippen LogP contribution >= 0.6 is 0 Å². The summed E-state index contributed by atoms with van der Waals surface area (Å²) in [6.07, 6.45) is 1.80. The third-order valence-corrected chi connectivity index (χ3v) is 5.18. The van der Waals surface area contributed by atoms with E-state index in [0.29, 0.717) is 6.54 Å². The van der Waals surface area contributed by atoms with Gasteiger partial charge in [-0.15, -0.1) is 0 Å². The zero-order valence-corrected chi connectivity index (χ0v) is 17.3. The minimum atomic E-state index is -0.683. The lowest BCUT2D eigenvalue weighted by atomic mass is 10.0. The summed E-state index contributed by atoms with van der Waals surface area (Å²) in [6.45, 7) is 2.68. The number of rotatable bonds is 9. The number of methoxy groups -OCH3 is 2. The Morgan fingerprint density at radius 1 is 1.00 bits per heavy atom. The molecule has 1 fully saturated rings. The van der Waals surface area contributed by atoms with E-state index in [4.69, 9.17) is 9.47 Å². The Hall–Kier alpha value is -2.16. The van der Waals surface area contributed by atoms with Gasteiger partial charge in [-0.3, -0.25) is 9.59 Å². The first-order valence-corrected chi connectivity index (χ1v) is 9.69. The van der Waals surface area contributed by atoms with Crippen LogP contribution in [0.2, 0.25) is 0 Å². The standard InChI is InChI=1S/C20H32N4O4/c1-23(2)16-9-7-15(8-10-16)17(24-11-5-6-12-24)13-21-19(25)20(26)22-14-18(27-3)28-4/h7-10,17-18H,5-6,11-14H2,1-4H3,(H,21,25)(H,22,26)/p+1/t17-/m1/s1. The molecular weight excluding hydrogens is 360 g/mol. The molecule has 3 N–H and O–H groups in total.